The minimum atomic E-state index is 0.883. The minimum absolute atomic E-state index is 0.883. The van der Waals surface area contributed by atoms with Crippen molar-refractivity contribution in [2.75, 3.05) is 0 Å². The molecule has 138 valence electrons. The van der Waals surface area contributed by atoms with Crippen LogP contribution in [-0.4, -0.2) is 0 Å². The summed E-state index contributed by atoms with van der Waals surface area (Å²) >= 11 is 3.49. The van der Waals surface area contributed by atoms with Crippen LogP contribution in [0, 0.1) is 0 Å². The van der Waals surface area contributed by atoms with Gasteiger partial charge in [0, 0.05) is 53.9 Å². The Hall–Kier alpha value is -2.78. The Morgan fingerprint density at radius 1 is 0.571 bits per heavy atom. The fourth-order valence-corrected chi connectivity index (χ4v) is 3.62. The lowest BCUT2D eigenvalue weighted by Gasteiger charge is -2.02. The first kappa shape index (κ1) is 18.6. The second-order valence-corrected chi connectivity index (χ2v) is 7.37. The molecule has 3 heteroatoms. The molecule has 0 saturated carbocycles. The molecule has 0 fully saturated rings. The SMILES string of the molecule is CCc1ccc(-[n+]2ccc(-c3cc[n+](-c4ccc(CBr)cc4)cc3)cc2)cc1. The van der Waals surface area contributed by atoms with Gasteiger partial charge in [-0.2, -0.15) is 9.13 Å². The van der Waals surface area contributed by atoms with E-state index in [1.54, 1.807) is 0 Å². The summed E-state index contributed by atoms with van der Waals surface area (Å²) in [4.78, 5) is 0. The quantitative estimate of drug-likeness (QED) is 0.297. The highest BCUT2D eigenvalue weighted by atomic mass is 79.9. The molecule has 0 unspecified atom stereocenters. The highest BCUT2D eigenvalue weighted by Crippen LogP contribution is 2.17. The molecule has 0 atom stereocenters. The molecular weight excluding hydrogens is 408 g/mol. The topological polar surface area (TPSA) is 7.76 Å². The van der Waals surface area contributed by atoms with Crippen molar-refractivity contribution in [3.05, 3.63) is 109 Å². The van der Waals surface area contributed by atoms with Gasteiger partial charge in [-0.25, -0.2) is 0 Å². The summed E-state index contributed by atoms with van der Waals surface area (Å²) in [6.45, 7) is 2.18. The van der Waals surface area contributed by atoms with Crippen LogP contribution in [0.25, 0.3) is 22.5 Å². The third kappa shape index (κ3) is 4.05. The van der Waals surface area contributed by atoms with Crippen molar-refractivity contribution in [3.63, 3.8) is 0 Å². The fourth-order valence-electron chi connectivity index (χ4n) is 3.24. The Kier molecular flexibility index (Phi) is 5.63. The molecule has 0 radical (unpaired) electrons. The number of rotatable bonds is 5. The number of pyridine rings is 2. The summed E-state index contributed by atoms with van der Waals surface area (Å²) in [6, 6.07) is 26.0. The standard InChI is InChI=1S/C25H23BrN2/c1-2-20-3-7-24(8-4-20)27-15-11-22(12-16-27)23-13-17-28(18-14-23)25-9-5-21(19-26)6-10-25/h3-18H,2,19H2,1H3/q+2. The molecule has 2 aromatic heterocycles. The van der Waals surface area contributed by atoms with Gasteiger partial charge in [0.25, 0.3) is 0 Å². The maximum absolute atomic E-state index is 3.49. The van der Waals surface area contributed by atoms with Gasteiger partial charge in [0.15, 0.2) is 24.8 Å². The van der Waals surface area contributed by atoms with Crippen LogP contribution in [0.5, 0.6) is 0 Å². The van der Waals surface area contributed by atoms with Crippen molar-refractivity contribution in [1.29, 1.82) is 0 Å². The Labute approximate surface area is 174 Å². The van der Waals surface area contributed by atoms with Crippen LogP contribution in [-0.2, 0) is 11.8 Å². The highest BCUT2D eigenvalue weighted by molar-refractivity contribution is 9.08. The van der Waals surface area contributed by atoms with Crippen LogP contribution in [0.15, 0.2) is 97.6 Å². The molecule has 0 amide bonds. The molecule has 0 saturated heterocycles. The molecule has 0 bridgehead atoms. The van der Waals surface area contributed by atoms with E-state index in [1.807, 2.05) is 0 Å². The second kappa shape index (κ2) is 8.49. The molecule has 0 aliphatic rings. The molecule has 0 aliphatic carbocycles. The predicted molar refractivity (Wildman–Crippen MR) is 117 cm³/mol. The third-order valence-corrected chi connectivity index (χ3v) is 5.67. The van der Waals surface area contributed by atoms with Crippen molar-refractivity contribution in [3.8, 4) is 22.5 Å². The molecule has 2 heterocycles. The zero-order chi connectivity index (χ0) is 19.3. The van der Waals surface area contributed by atoms with Crippen LogP contribution in [0.3, 0.4) is 0 Å². The first-order valence-electron chi connectivity index (χ1n) is 9.54. The molecule has 0 spiro atoms. The normalized spacial score (nSPS) is 10.8. The third-order valence-electron chi connectivity index (χ3n) is 5.02. The van der Waals surface area contributed by atoms with Crippen LogP contribution >= 0.6 is 15.9 Å². The zero-order valence-electron chi connectivity index (χ0n) is 15.9. The van der Waals surface area contributed by atoms with E-state index in [-0.39, 0.29) is 0 Å². The highest BCUT2D eigenvalue weighted by Gasteiger charge is 2.09. The largest absolute Gasteiger partial charge is 0.210 e. The molecule has 28 heavy (non-hydrogen) atoms. The Morgan fingerprint density at radius 2 is 0.964 bits per heavy atom. The molecule has 4 rings (SSSR count). The Bertz CT molecular complexity index is 947. The van der Waals surface area contributed by atoms with E-state index in [9.17, 15) is 0 Å². The lowest BCUT2D eigenvalue weighted by molar-refractivity contribution is -0.596. The average Bonchev–Trinajstić information content (AvgIpc) is 2.79. The fraction of sp³-hybridized carbons (Fsp3) is 0.120. The van der Waals surface area contributed by atoms with Crippen molar-refractivity contribution in [2.24, 2.45) is 0 Å². The van der Waals surface area contributed by atoms with Gasteiger partial charge in [-0.15, -0.1) is 0 Å². The summed E-state index contributed by atoms with van der Waals surface area (Å²) in [7, 11) is 0. The molecule has 2 aromatic carbocycles. The van der Waals surface area contributed by atoms with E-state index in [4.69, 9.17) is 0 Å². The van der Waals surface area contributed by atoms with E-state index in [0.717, 1.165) is 17.4 Å². The van der Waals surface area contributed by atoms with Crippen LogP contribution < -0.4 is 9.13 Å². The van der Waals surface area contributed by atoms with E-state index in [1.165, 1.54) is 27.9 Å². The minimum Gasteiger partial charge on any atom is -0.167 e. The number of halogens is 1. The van der Waals surface area contributed by atoms with Crippen LogP contribution in [0.4, 0.5) is 0 Å². The maximum Gasteiger partial charge on any atom is 0.210 e. The molecule has 4 aromatic rings. The van der Waals surface area contributed by atoms with E-state index in [0.29, 0.717) is 0 Å². The van der Waals surface area contributed by atoms with E-state index in [2.05, 4.69) is 130 Å². The van der Waals surface area contributed by atoms with Gasteiger partial charge in [-0.3, -0.25) is 0 Å². The number of alkyl halides is 1. The number of benzene rings is 2. The summed E-state index contributed by atoms with van der Waals surface area (Å²) < 4.78 is 4.29. The van der Waals surface area contributed by atoms with Gasteiger partial charge in [-0.05, 0) is 28.7 Å². The van der Waals surface area contributed by atoms with Gasteiger partial charge in [0.1, 0.15) is 0 Å². The first-order valence-corrected chi connectivity index (χ1v) is 10.7. The number of hydrogen-bond donors (Lipinski definition) is 0. The number of aryl methyl sites for hydroxylation is 1. The lowest BCUT2D eigenvalue weighted by Crippen LogP contribution is -2.29. The van der Waals surface area contributed by atoms with Crippen molar-refractivity contribution < 1.29 is 9.13 Å². The predicted octanol–water partition coefficient (Wildman–Crippen LogP) is 5.36. The van der Waals surface area contributed by atoms with E-state index >= 15 is 0 Å². The van der Waals surface area contributed by atoms with Gasteiger partial charge >= 0.3 is 0 Å². The Morgan fingerprint density at radius 3 is 1.32 bits per heavy atom. The lowest BCUT2D eigenvalue weighted by atomic mass is 10.1. The summed E-state index contributed by atoms with van der Waals surface area (Å²) in [5.41, 5.74) is 7.41. The number of aromatic nitrogens is 2. The van der Waals surface area contributed by atoms with Gasteiger partial charge in [0.05, 0.1) is 0 Å². The van der Waals surface area contributed by atoms with Gasteiger partial charge in [-0.1, -0.05) is 47.1 Å². The average molecular weight is 431 g/mol. The van der Waals surface area contributed by atoms with Crippen LogP contribution in [0.1, 0.15) is 18.1 Å². The van der Waals surface area contributed by atoms with E-state index < -0.39 is 0 Å². The smallest absolute Gasteiger partial charge is 0.167 e. The monoisotopic (exact) mass is 430 g/mol. The van der Waals surface area contributed by atoms with Crippen molar-refractivity contribution in [2.45, 2.75) is 18.7 Å². The van der Waals surface area contributed by atoms with Gasteiger partial charge in [0.2, 0.25) is 11.4 Å². The summed E-state index contributed by atoms with van der Waals surface area (Å²) in [6.07, 6.45) is 9.54. The first-order chi connectivity index (χ1) is 13.8. The maximum atomic E-state index is 3.49. The van der Waals surface area contributed by atoms with Crippen LogP contribution in [0.2, 0.25) is 0 Å². The summed E-state index contributed by atoms with van der Waals surface area (Å²) in [5, 5.41) is 0.883. The van der Waals surface area contributed by atoms with Crippen molar-refractivity contribution >= 4 is 15.9 Å². The number of nitrogens with zero attached hydrogens (tertiary/aromatic N) is 2. The molecule has 0 N–H and O–H groups in total. The molecular formula is C25H23BrN2+2. The second-order valence-electron chi connectivity index (χ2n) is 6.81. The summed E-state index contributed by atoms with van der Waals surface area (Å²) in [5.74, 6) is 0. The van der Waals surface area contributed by atoms with Gasteiger partial charge < -0.3 is 0 Å². The zero-order valence-corrected chi connectivity index (χ0v) is 17.5. The molecule has 0 aliphatic heterocycles. The molecule has 2 nitrogen and oxygen atoms in total. The number of hydrogen-bond acceptors (Lipinski definition) is 0. The Balaban J connectivity index is 1.53. The van der Waals surface area contributed by atoms with Crippen molar-refractivity contribution in [1.82, 2.24) is 0 Å².